The van der Waals surface area contributed by atoms with E-state index in [0.29, 0.717) is 17.0 Å². The van der Waals surface area contributed by atoms with Gasteiger partial charge in [-0.05, 0) is 62.8 Å². The molecule has 1 aliphatic carbocycles. The Morgan fingerprint density at radius 3 is 2.50 bits per heavy atom. The molecule has 38 heavy (non-hydrogen) atoms. The third-order valence-corrected chi connectivity index (χ3v) is 7.91. The van der Waals surface area contributed by atoms with Crippen molar-refractivity contribution in [1.82, 2.24) is 19.8 Å². The number of hydrogen-bond donors (Lipinski definition) is 1. The zero-order chi connectivity index (χ0) is 26.0. The smallest absolute Gasteiger partial charge is 0.356 e. The molecule has 7 rings (SSSR count). The molecular formula is C27H25F2N5O4. The summed E-state index contributed by atoms with van der Waals surface area (Å²) < 4.78 is 42.6. The number of hydrogen-bond acceptors (Lipinski definition) is 7. The van der Waals surface area contributed by atoms with E-state index >= 15 is 0 Å². The highest BCUT2D eigenvalue weighted by Gasteiger charge is 2.42. The molecule has 0 unspecified atom stereocenters. The predicted molar refractivity (Wildman–Crippen MR) is 131 cm³/mol. The maximum Gasteiger partial charge on any atom is 0.356 e. The van der Waals surface area contributed by atoms with E-state index in [1.54, 1.807) is 6.07 Å². The van der Waals surface area contributed by atoms with Crippen molar-refractivity contribution in [3.8, 4) is 11.3 Å². The number of anilines is 1. The van der Waals surface area contributed by atoms with Gasteiger partial charge in [0.1, 0.15) is 28.9 Å². The van der Waals surface area contributed by atoms with Crippen molar-refractivity contribution in [2.24, 2.45) is 0 Å². The summed E-state index contributed by atoms with van der Waals surface area (Å²) >= 11 is 0. The van der Waals surface area contributed by atoms with Crippen molar-refractivity contribution in [2.75, 3.05) is 4.90 Å². The van der Waals surface area contributed by atoms with Crippen LogP contribution in [0.3, 0.4) is 0 Å². The first-order valence-corrected chi connectivity index (χ1v) is 12.9. The zero-order valence-electron chi connectivity index (χ0n) is 20.4. The van der Waals surface area contributed by atoms with Crippen LogP contribution in [0.4, 0.5) is 14.6 Å². The summed E-state index contributed by atoms with van der Waals surface area (Å²) in [5, 5.41) is 17.9. The average molecular weight is 522 g/mol. The first-order valence-electron chi connectivity index (χ1n) is 12.9. The summed E-state index contributed by atoms with van der Waals surface area (Å²) in [7, 11) is 0. The lowest BCUT2D eigenvalue weighted by Crippen LogP contribution is -2.46. The Bertz CT molecular complexity index is 1510. The average Bonchev–Trinajstić information content (AvgIpc) is 3.41. The van der Waals surface area contributed by atoms with Crippen molar-refractivity contribution >= 4 is 17.4 Å². The van der Waals surface area contributed by atoms with E-state index in [-0.39, 0.29) is 47.7 Å². The number of carbonyl (C=O) groups is 1. The van der Waals surface area contributed by atoms with Crippen LogP contribution in [-0.2, 0) is 11.3 Å². The number of nitrogens with zero attached hydrogens (tertiary/aromatic N) is 5. The number of imidazole rings is 1. The van der Waals surface area contributed by atoms with E-state index in [9.17, 15) is 18.7 Å². The fourth-order valence-electron chi connectivity index (χ4n) is 6.00. The van der Waals surface area contributed by atoms with Gasteiger partial charge in [0.2, 0.25) is 0 Å². The van der Waals surface area contributed by atoms with Gasteiger partial charge in [-0.15, -0.1) is 5.10 Å². The Kier molecular flexibility index (Phi) is 5.43. The highest BCUT2D eigenvalue weighted by molar-refractivity contribution is 5.86. The fraction of sp³-hybridized carbons (Fsp3) is 0.407. The molecule has 1 aromatic carbocycles. The van der Waals surface area contributed by atoms with E-state index in [1.807, 2.05) is 6.07 Å². The lowest BCUT2D eigenvalue weighted by Gasteiger charge is -2.39. The number of rotatable bonds is 7. The third-order valence-electron chi connectivity index (χ3n) is 7.91. The minimum absolute atomic E-state index is 0.0281. The molecule has 0 radical (unpaired) electrons. The van der Waals surface area contributed by atoms with Crippen LogP contribution in [0.5, 0.6) is 0 Å². The zero-order valence-corrected chi connectivity index (χ0v) is 20.4. The largest absolute Gasteiger partial charge is 0.476 e. The molecule has 4 aromatic rings. The lowest BCUT2D eigenvalue weighted by molar-refractivity contribution is 0.0145. The molecule has 0 spiro atoms. The van der Waals surface area contributed by atoms with Gasteiger partial charge < -0.3 is 19.3 Å². The number of carboxylic acids is 1. The topological polar surface area (TPSA) is 106 Å². The van der Waals surface area contributed by atoms with E-state index in [4.69, 9.17) is 9.26 Å². The molecule has 3 atom stereocenters. The van der Waals surface area contributed by atoms with Gasteiger partial charge in [-0.1, -0.05) is 11.2 Å². The quantitative estimate of drug-likeness (QED) is 0.364. The van der Waals surface area contributed by atoms with Crippen LogP contribution in [0.15, 0.2) is 41.1 Å². The molecular weight excluding hydrogens is 496 g/mol. The number of fused-ring (bicyclic) bond motifs is 3. The van der Waals surface area contributed by atoms with Gasteiger partial charge in [0.05, 0.1) is 24.5 Å². The van der Waals surface area contributed by atoms with Crippen LogP contribution in [0.2, 0.25) is 0 Å². The third kappa shape index (κ3) is 3.92. The molecule has 3 fully saturated rings. The van der Waals surface area contributed by atoms with Crippen LogP contribution in [0.1, 0.15) is 66.3 Å². The molecule has 1 N–H and O–H groups in total. The standard InChI is InChI=1S/C27H25F2N5O4/c28-19-2-1-3-20(29)24(19)25-18(26(38-32-25)14-4-5-14)13-37-17-10-15-6-7-16(11-17)34(15)23-9-8-22-30-21(27(35)36)12-33(22)31-23/h1-3,8-9,12,14-17H,4-7,10-11,13H2,(H,35,36)/t15-,16+,17-. The summed E-state index contributed by atoms with van der Waals surface area (Å²) in [6.07, 6.45) is 6.90. The molecule has 0 amide bonds. The van der Waals surface area contributed by atoms with Gasteiger partial charge in [0.15, 0.2) is 11.3 Å². The first kappa shape index (κ1) is 23.3. The number of carboxylic acid groups (broad SMARTS) is 1. The van der Waals surface area contributed by atoms with Crippen LogP contribution in [0, 0.1) is 11.6 Å². The Labute approximate surface area is 216 Å². The molecule has 196 valence electrons. The molecule has 2 bridgehead atoms. The monoisotopic (exact) mass is 521 g/mol. The van der Waals surface area contributed by atoms with E-state index in [0.717, 1.165) is 44.3 Å². The SMILES string of the molecule is O=C(O)c1cn2nc(N3[C@@H]4CC[C@H]3C[C@H](OCc3c(-c5c(F)cccc5F)noc3C3CC3)C4)ccc2n1. The minimum Gasteiger partial charge on any atom is -0.476 e. The molecule has 11 heteroatoms. The normalized spacial score (nSPS) is 22.9. The number of piperidine rings is 1. The molecule has 3 aliphatic rings. The van der Waals surface area contributed by atoms with E-state index in [2.05, 4.69) is 20.1 Å². The molecule has 9 nitrogen and oxygen atoms in total. The molecule has 2 saturated heterocycles. The molecule has 5 heterocycles. The molecule has 2 aliphatic heterocycles. The van der Waals surface area contributed by atoms with Crippen LogP contribution < -0.4 is 4.90 Å². The lowest BCUT2D eigenvalue weighted by atomic mass is 9.99. The van der Waals surface area contributed by atoms with Gasteiger partial charge in [-0.25, -0.2) is 23.1 Å². The van der Waals surface area contributed by atoms with Gasteiger partial charge in [-0.3, -0.25) is 0 Å². The van der Waals surface area contributed by atoms with Crippen molar-refractivity contribution in [2.45, 2.75) is 69.2 Å². The summed E-state index contributed by atoms with van der Waals surface area (Å²) in [5.41, 5.74) is 1.08. The maximum atomic E-state index is 14.6. The maximum absolute atomic E-state index is 14.6. The fourth-order valence-corrected chi connectivity index (χ4v) is 6.00. The second-order valence-corrected chi connectivity index (χ2v) is 10.4. The summed E-state index contributed by atoms with van der Waals surface area (Å²) in [4.78, 5) is 17.7. The van der Waals surface area contributed by atoms with E-state index in [1.165, 1.54) is 28.9 Å². The summed E-state index contributed by atoms with van der Waals surface area (Å²) in [6, 6.07) is 7.89. The van der Waals surface area contributed by atoms with Crippen LogP contribution in [0.25, 0.3) is 16.9 Å². The Balaban J connectivity index is 1.10. The Morgan fingerprint density at radius 1 is 1.08 bits per heavy atom. The Hall–Kier alpha value is -3.86. The second kappa shape index (κ2) is 8.87. The highest BCUT2D eigenvalue weighted by atomic mass is 19.1. The number of aromatic nitrogens is 4. The van der Waals surface area contributed by atoms with Crippen LogP contribution >= 0.6 is 0 Å². The predicted octanol–water partition coefficient (Wildman–Crippen LogP) is 4.95. The Morgan fingerprint density at radius 2 is 1.82 bits per heavy atom. The number of ether oxygens (including phenoxy) is 1. The van der Waals surface area contributed by atoms with Gasteiger partial charge in [0, 0.05) is 23.6 Å². The molecule has 1 saturated carbocycles. The van der Waals surface area contributed by atoms with Crippen molar-refractivity contribution < 1.29 is 27.9 Å². The first-order chi connectivity index (χ1) is 18.5. The minimum atomic E-state index is -1.09. The number of aromatic carboxylic acids is 1. The highest BCUT2D eigenvalue weighted by Crippen LogP contribution is 2.45. The van der Waals surface area contributed by atoms with Gasteiger partial charge in [-0.2, -0.15) is 0 Å². The summed E-state index contributed by atoms with van der Waals surface area (Å²) in [6.45, 7) is 0.180. The van der Waals surface area contributed by atoms with E-state index < -0.39 is 17.6 Å². The van der Waals surface area contributed by atoms with Gasteiger partial charge in [0.25, 0.3) is 0 Å². The van der Waals surface area contributed by atoms with Gasteiger partial charge >= 0.3 is 5.97 Å². The number of benzene rings is 1. The van der Waals surface area contributed by atoms with Crippen LogP contribution in [-0.4, -0.2) is 49.0 Å². The van der Waals surface area contributed by atoms with Crippen molar-refractivity contribution in [3.05, 3.63) is 65.2 Å². The van der Waals surface area contributed by atoms with Crippen molar-refractivity contribution in [3.63, 3.8) is 0 Å². The second-order valence-electron chi connectivity index (χ2n) is 10.4. The number of halogens is 2. The summed E-state index contributed by atoms with van der Waals surface area (Å²) in [5.74, 6) is -0.772. The molecule has 3 aromatic heterocycles. The van der Waals surface area contributed by atoms with Crippen molar-refractivity contribution in [1.29, 1.82) is 0 Å².